The van der Waals surface area contributed by atoms with Crippen LogP contribution in [0.1, 0.15) is 52.7 Å². The highest BCUT2D eigenvalue weighted by molar-refractivity contribution is 5.93. The molecular formula is C27H36N2O7. The van der Waals surface area contributed by atoms with Crippen LogP contribution in [0.4, 0.5) is 15.3 Å². The summed E-state index contributed by atoms with van der Waals surface area (Å²) in [4.78, 5) is 26.8. The van der Waals surface area contributed by atoms with E-state index in [0.29, 0.717) is 30.2 Å². The zero-order chi connectivity index (χ0) is 26.7. The van der Waals surface area contributed by atoms with E-state index in [1.165, 1.54) is 7.11 Å². The minimum Gasteiger partial charge on any atom is -0.493 e. The summed E-state index contributed by atoms with van der Waals surface area (Å²) in [6.45, 7) is 10.8. The lowest BCUT2D eigenvalue weighted by Gasteiger charge is -2.43. The molecule has 1 aliphatic rings. The molecule has 3 rings (SSSR count). The second-order valence-electron chi connectivity index (χ2n) is 10.4. The van der Waals surface area contributed by atoms with Crippen LogP contribution in [0.5, 0.6) is 11.5 Å². The van der Waals surface area contributed by atoms with Crippen molar-refractivity contribution in [3.8, 4) is 11.5 Å². The Bertz CT molecular complexity index is 1070. The maximum Gasteiger partial charge on any atom is 0.434 e. The number of hydrogen-bond donors (Lipinski definition) is 0. The van der Waals surface area contributed by atoms with E-state index in [9.17, 15) is 9.59 Å². The van der Waals surface area contributed by atoms with Crippen LogP contribution in [0.15, 0.2) is 42.5 Å². The Morgan fingerprint density at radius 3 is 2.06 bits per heavy atom. The van der Waals surface area contributed by atoms with Crippen molar-refractivity contribution in [1.82, 2.24) is 5.01 Å². The Labute approximate surface area is 212 Å². The molecule has 1 heterocycles. The van der Waals surface area contributed by atoms with Gasteiger partial charge < -0.3 is 23.7 Å². The number of methoxy groups -OCH3 is 2. The highest BCUT2D eigenvalue weighted by Gasteiger charge is 2.44. The molecule has 0 N–H and O–H groups in total. The van der Waals surface area contributed by atoms with Crippen molar-refractivity contribution in [3.05, 3.63) is 53.6 Å². The Morgan fingerprint density at radius 2 is 1.50 bits per heavy atom. The largest absolute Gasteiger partial charge is 0.493 e. The summed E-state index contributed by atoms with van der Waals surface area (Å²) in [5.41, 5.74) is 0.495. The highest BCUT2D eigenvalue weighted by Crippen LogP contribution is 2.41. The molecule has 1 atom stereocenters. The van der Waals surface area contributed by atoms with Crippen LogP contribution in [0, 0.1) is 0 Å². The summed E-state index contributed by atoms with van der Waals surface area (Å²) in [5.74, 6) is 0.906. The van der Waals surface area contributed by atoms with Crippen LogP contribution in [0.3, 0.4) is 0 Å². The van der Waals surface area contributed by atoms with E-state index in [1.807, 2.05) is 30.3 Å². The first-order valence-electron chi connectivity index (χ1n) is 11.8. The molecule has 9 heteroatoms. The van der Waals surface area contributed by atoms with Gasteiger partial charge in [0.2, 0.25) is 0 Å². The topological polar surface area (TPSA) is 86.8 Å². The average Bonchev–Trinajstić information content (AvgIpc) is 2.79. The summed E-state index contributed by atoms with van der Waals surface area (Å²) in [6.07, 6.45) is -2.02. The van der Waals surface area contributed by atoms with Gasteiger partial charge in [0.1, 0.15) is 17.8 Å². The van der Waals surface area contributed by atoms with Crippen molar-refractivity contribution in [2.75, 3.05) is 19.2 Å². The van der Waals surface area contributed by atoms with Gasteiger partial charge in [0.25, 0.3) is 0 Å². The Morgan fingerprint density at radius 1 is 0.889 bits per heavy atom. The Kier molecular flexibility index (Phi) is 8.03. The molecule has 2 aromatic rings. The SMILES string of the molecule is COc1cc2c(cc1OCc1ccccc1)N(C(=O)OC(C)(C)C)N(C(=O)OC(C)(C)C)[C@@H](OC)C2. The van der Waals surface area contributed by atoms with Crippen molar-refractivity contribution < 1.29 is 33.3 Å². The van der Waals surface area contributed by atoms with Crippen LogP contribution < -0.4 is 14.5 Å². The second kappa shape index (κ2) is 10.7. The maximum atomic E-state index is 13.5. The lowest BCUT2D eigenvalue weighted by Crippen LogP contribution is -2.60. The maximum absolute atomic E-state index is 13.5. The van der Waals surface area contributed by atoms with E-state index >= 15 is 0 Å². The van der Waals surface area contributed by atoms with Gasteiger partial charge in [-0.25, -0.2) is 9.59 Å². The van der Waals surface area contributed by atoms with Crippen molar-refractivity contribution >= 4 is 17.9 Å². The fraction of sp³-hybridized carbons (Fsp3) is 0.481. The summed E-state index contributed by atoms with van der Waals surface area (Å²) in [6, 6.07) is 13.1. The molecule has 196 valence electrons. The monoisotopic (exact) mass is 500 g/mol. The molecule has 0 fully saturated rings. The summed E-state index contributed by atoms with van der Waals surface area (Å²) in [7, 11) is 3.02. The molecule has 9 nitrogen and oxygen atoms in total. The third-order valence-corrected chi connectivity index (χ3v) is 5.13. The molecular weight excluding hydrogens is 464 g/mol. The highest BCUT2D eigenvalue weighted by atomic mass is 16.6. The number of anilines is 1. The summed E-state index contributed by atoms with van der Waals surface area (Å²) >= 11 is 0. The molecule has 2 aromatic carbocycles. The van der Waals surface area contributed by atoms with Gasteiger partial charge in [-0.05, 0) is 58.7 Å². The number of fused-ring (bicyclic) bond motifs is 1. The zero-order valence-corrected chi connectivity index (χ0v) is 22.3. The molecule has 2 amide bonds. The third-order valence-electron chi connectivity index (χ3n) is 5.13. The van der Waals surface area contributed by atoms with Gasteiger partial charge in [-0.3, -0.25) is 0 Å². The van der Waals surface area contributed by atoms with E-state index in [0.717, 1.165) is 21.1 Å². The number of rotatable bonds is 5. The third kappa shape index (κ3) is 6.60. The molecule has 0 aliphatic carbocycles. The number of ether oxygens (including phenoxy) is 5. The van der Waals surface area contributed by atoms with Crippen LogP contribution in [-0.4, -0.2) is 48.8 Å². The van der Waals surface area contributed by atoms with Gasteiger partial charge in [-0.1, -0.05) is 30.3 Å². The van der Waals surface area contributed by atoms with E-state index in [4.69, 9.17) is 23.7 Å². The minimum atomic E-state index is -0.819. The fourth-order valence-corrected chi connectivity index (χ4v) is 3.66. The lowest BCUT2D eigenvalue weighted by molar-refractivity contribution is -0.0607. The average molecular weight is 501 g/mol. The van der Waals surface area contributed by atoms with Crippen molar-refractivity contribution in [2.24, 2.45) is 0 Å². The molecule has 0 unspecified atom stereocenters. The molecule has 36 heavy (non-hydrogen) atoms. The van der Waals surface area contributed by atoms with Gasteiger partial charge in [0, 0.05) is 19.6 Å². The number of carbonyl (C=O) groups excluding carboxylic acids is 2. The fourth-order valence-electron chi connectivity index (χ4n) is 3.66. The molecule has 1 aliphatic heterocycles. The minimum absolute atomic E-state index is 0.291. The van der Waals surface area contributed by atoms with Crippen molar-refractivity contribution in [3.63, 3.8) is 0 Å². The van der Waals surface area contributed by atoms with Gasteiger partial charge >= 0.3 is 12.2 Å². The molecule has 0 spiro atoms. The molecule has 0 saturated heterocycles. The smallest absolute Gasteiger partial charge is 0.434 e. The molecule has 0 saturated carbocycles. The molecule has 0 bridgehead atoms. The number of benzene rings is 2. The number of hydrogen-bond acceptors (Lipinski definition) is 7. The van der Waals surface area contributed by atoms with Crippen LogP contribution >= 0.6 is 0 Å². The first kappa shape index (κ1) is 27.1. The van der Waals surface area contributed by atoms with E-state index in [-0.39, 0.29) is 0 Å². The van der Waals surface area contributed by atoms with Gasteiger partial charge in [0.05, 0.1) is 12.8 Å². The van der Waals surface area contributed by atoms with Crippen LogP contribution in [-0.2, 0) is 27.2 Å². The molecule has 0 radical (unpaired) electrons. The normalized spacial score (nSPS) is 15.7. The molecule has 0 aromatic heterocycles. The zero-order valence-electron chi connectivity index (χ0n) is 22.3. The van der Waals surface area contributed by atoms with Gasteiger partial charge in [-0.2, -0.15) is 10.0 Å². The van der Waals surface area contributed by atoms with Gasteiger partial charge in [-0.15, -0.1) is 0 Å². The first-order valence-corrected chi connectivity index (χ1v) is 11.8. The van der Waals surface area contributed by atoms with E-state index < -0.39 is 29.6 Å². The summed E-state index contributed by atoms with van der Waals surface area (Å²) in [5, 5.41) is 2.30. The van der Waals surface area contributed by atoms with E-state index in [1.54, 1.807) is 60.8 Å². The van der Waals surface area contributed by atoms with Crippen LogP contribution in [0.25, 0.3) is 0 Å². The number of carbonyl (C=O) groups is 2. The Balaban J connectivity index is 2.09. The Hall–Kier alpha value is -3.46. The van der Waals surface area contributed by atoms with Crippen LogP contribution in [0.2, 0.25) is 0 Å². The van der Waals surface area contributed by atoms with E-state index in [2.05, 4.69) is 0 Å². The number of amides is 2. The number of nitrogens with zero attached hydrogens (tertiary/aromatic N) is 2. The number of hydrazine groups is 1. The standard InChI is InChI=1S/C27H36N2O7/c1-26(2,3)35-24(30)28-20-16-22(34-17-18-12-10-9-11-13-18)21(32-7)14-19(20)15-23(33-8)29(28)25(31)36-27(4,5)6/h9-14,16,23H,15,17H2,1-8H3/t23-/m0/s1. The predicted molar refractivity (Wildman–Crippen MR) is 135 cm³/mol. The van der Waals surface area contributed by atoms with Gasteiger partial charge in [0.15, 0.2) is 17.7 Å². The summed E-state index contributed by atoms with van der Waals surface area (Å²) < 4.78 is 28.6. The lowest BCUT2D eigenvalue weighted by atomic mass is 10.0. The predicted octanol–water partition coefficient (Wildman–Crippen LogP) is 5.70. The van der Waals surface area contributed by atoms with Crippen molar-refractivity contribution in [2.45, 2.75) is 72.0 Å². The second-order valence-corrected chi connectivity index (χ2v) is 10.4. The van der Waals surface area contributed by atoms with Crippen molar-refractivity contribution in [1.29, 1.82) is 0 Å². The quantitative estimate of drug-likeness (QED) is 0.521. The first-order chi connectivity index (χ1) is 16.8.